The number of rotatable bonds is 7. The van der Waals surface area contributed by atoms with Gasteiger partial charge in [-0.25, -0.2) is 5.43 Å². The van der Waals surface area contributed by atoms with Gasteiger partial charge < -0.3 is 14.4 Å². The summed E-state index contributed by atoms with van der Waals surface area (Å²) >= 11 is 0. The van der Waals surface area contributed by atoms with Gasteiger partial charge in [-0.2, -0.15) is 5.10 Å². The number of methoxy groups -OCH3 is 1. The van der Waals surface area contributed by atoms with Gasteiger partial charge in [0.1, 0.15) is 5.75 Å². The molecule has 0 fully saturated rings. The van der Waals surface area contributed by atoms with E-state index >= 15 is 0 Å². The number of ether oxygens (including phenoxy) is 1. The molecule has 0 unspecified atom stereocenters. The second-order valence-electron chi connectivity index (χ2n) is 6.82. The number of nitro benzene ring substituents is 1. The van der Waals surface area contributed by atoms with Crippen LogP contribution in [0.25, 0.3) is 5.69 Å². The molecule has 0 aliphatic carbocycles. The van der Waals surface area contributed by atoms with E-state index in [4.69, 9.17) is 4.74 Å². The first kappa shape index (κ1) is 21.7. The molecule has 0 saturated carbocycles. The zero-order valence-electron chi connectivity index (χ0n) is 17.3. The Morgan fingerprint density at radius 3 is 2.58 bits per heavy atom. The van der Waals surface area contributed by atoms with Crippen molar-refractivity contribution in [3.05, 3.63) is 87.2 Å². The number of nitrogens with one attached hydrogen (secondary N) is 1. The van der Waals surface area contributed by atoms with Crippen molar-refractivity contribution in [3.63, 3.8) is 0 Å². The number of carbonyl (C=O) groups excluding carboxylic acids is 1. The standard InChI is InChI=1S/C22H22N4O5/c1-14-11-17(13-23-24-22(28)21(27)16-7-5-4-6-8-16)15(2)25(14)19-10-9-18(26(29)30)12-20(19)31-3/h4-13,21,27H,1-3H3,(H,24,28)/b23-13-/t21-/m0/s1. The van der Waals surface area contributed by atoms with Gasteiger partial charge in [-0.1, -0.05) is 30.3 Å². The number of benzene rings is 2. The minimum Gasteiger partial charge on any atom is -0.494 e. The van der Waals surface area contributed by atoms with Crippen molar-refractivity contribution in [2.24, 2.45) is 5.10 Å². The quantitative estimate of drug-likeness (QED) is 0.344. The van der Waals surface area contributed by atoms with E-state index in [9.17, 15) is 20.0 Å². The highest BCUT2D eigenvalue weighted by molar-refractivity contribution is 5.86. The van der Waals surface area contributed by atoms with E-state index in [1.54, 1.807) is 36.4 Å². The number of carbonyl (C=O) groups is 1. The van der Waals surface area contributed by atoms with E-state index in [2.05, 4.69) is 10.5 Å². The van der Waals surface area contributed by atoms with Crippen LogP contribution >= 0.6 is 0 Å². The number of aliphatic hydroxyl groups is 1. The highest BCUT2D eigenvalue weighted by Gasteiger charge is 2.18. The minimum atomic E-state index is -1.32. The molecular weight excluding hydrogens is 400 g/mol. The van der Waals surface area contributed by atoms with Gasteiger partial charge in [0, 0.05) is 23.0 Å². The Morgan fingerprint density at radius 2 is 1.94 bits per heavy atom. The van der Waals surface area contributed by atoms with Crippen molar-refractivity contribution in [2.45, 2.75) is 20.0 Å². The molecule has 0 saturated heterocycles. The molecule has 9 heteroatoms. The minimum absolute atomic E-state index is 0.0652. The largest absolute Gasteiger partial charge is 0.494 e. The number of aliphatic hydroxyl groups excluding tert-OH is 1. The highest BCUT2D eigenvalue weighted by Crippen LogP contribution is 2.31. The molecule has 9 nitrogen and oxygen atoms in total. The predicted octanol–water partition coefficient (Wildman–Crippen LogP) is 3.19. The molecule has 1 aromatic heterocycles. The number of nitrogens with zero attached hydrogens (tertiary/aromatic N) is 3. The van der Waals surface area contributed by atoms with Gasteiger partial charge in [0.05, 0.1) is 30.0 Å². The van der Waals surface area contributed by atoms with Crippen LogP contribution in [0.1, 0.15) is 28.6 Å². The van der Waals surface area contributed by atoms with E-state index in [0.717, 1.165) is 17.0 Å². The third-order valence-electron chi connectivity index (χ3n) is 4.83. The first-order valence-corrected chi connectivity index (χ1v) is 9.41. The second kappa shape index (κ2) is 9.23. The van der Waals surface area contributed by atoms with Gasteiger partial charge in [0.15, 0.2) is 6.10 Å². The fourth-order valence-electron chi connectivity index (χ4n) is 3.27. The van der Waals surface area contributed by atoms with Crippen molar-refractivity contribution < 1.29 is 19.6 Å². The lowest BCUT2D eigenvalue weighted by atomic mass is 10.1. The summed E-state index contributed by atoms with van der Waals surface area (Å²) in [6.45, 7) is 3.73. The molecule has 31 heavy (non-hydrogen) atoms. The number of aromatic nitrogens is 1. The normalized spacial score (nSPS) is 12.0. The number of aryl methyl sites for hydroxylation is 1. The van der Waals surface area contributed by atoms with E-state index in [1.165, 1.54) is 25.5 Å². The van der Waals surface area contributed by atoms with Crippen LogP contribution in [0.2, 0.25) is 0 Å². The van der Waals surface area contributed by atoms with Crippen LogP contribution in [0, 0.1) is 24.0 Å². The number of non-ortho nitro benzene ring substituents is 1. The molecule has 1 atom stereocenters. The van der Waals surface area contributed by atoms with Crippen LogP contribution in [0.4, 0.5) is 5.69 Å². The second-order valence-corrected chi connectivity index (χ2v) is 6.82. The van der Waals surface area contributed by atoms with Gasteiger partial charge in [-0.05, 0) is 31.5 Å². The van der Waals surface area contributed by atoms with Crippen LogP contribution in [0.15, 0.2) is 59.7 Å². The van der Waals surface area contributed by atoms with E-state index < -0.39 is 16.9 Å². The zero-order valence-corrected chi connectivity index (χ0v) is 17.3. The van der Waals surface area contributed by atoms with Crippen molar-refractivity contribution >= 4 is 17.8 Å². The van der Waals surface area contributed by atoms with Crippen LogP contribution in [0.5, 0.6) is 5.75 Å². The molecule has 0 spiro atoms. The lowest BCUT2D eigenvalue weighted by Crippen LogP contribution is -2.25. The maximum Gasteiger partial charge on any atom is 0.273 e. The van der Waals surface area contributed by atoms with E-state index in [0.29, 0.717) is 17.0 Å². The summed E-state index contributed by atoms with van der Waals surface area (Å²) in [5.74, 6) is -0.285. The van der Waals surface area contributed by atoms with E-state index in [-0.39, 0.29) is 5.69 Å². The van der Waals surface area contributed by atoms with Gasteiger partial charge in [0.25, 0.3) is 11.6 Å². The number of hydrogen-bond donors (Lipinski definition) is 2. The first-order chi connectivity index (χ1) is 14.8. The summed E-state index contributed by atoms with van der Waals surface area (Å²) in [5, 5.41) is 25.1. The Morgan fingerprint density at radius 1 is 1.23 bits per heavy atom. The highest BCUT2D eigenvalue weighted by atomic mass is 16.6. The smallest absolute Gasteiger partial charge is 0.273 e. The van der Waals surface area contributed by atoms with Crippen molar-refractivity contribution in [1.82, 2.24) is 9.99 Å². The predicted molar refractivity (Wildman–Crippen MR) is 116 cm³/mol. The number of amides is 1. The molecule has 0 aliphatic rings. The molecule has 3 rings (SSSR count). The SMILES string of the molecule is COc1cc([N+](=O)[O-])ccc1-n1c(C)cc(/C=N\NC(=O)[C@@H](O)c2ccccc2)c1C. The summed E-state index contributed by atoms with van der Waals surface area (Å²) in [6.07, 6.45) is 0.155. The van der Waals surface area contributed by atoms with Crippen LogP contribution in [0.3, 0.4) is 0 Å². The monoisotopic (exact) mass is 422 g/mol. The van der Waals surface area contributed by atoms with Crippen molar-refractivity contribution in [3.8, 4) is 11.4 Å². The Bertz CT molecular complexity index is 1140. The van der Waals surface area contributed by atoms with Gasteiger partial charge in [0.2, 0.25) is 0 Å². The average Bonchev–Trinajstić information content (AvgIpc) is 3.06. The third kappa shape index (κ3) is 4.62. The fourth-order valence-corrected chi connectivity index (χ4v) is 3.27. The van der Waals surface area contributed by atoms with E-state index in [1.807, 2.05) is 24.5 Å². The molecule has 1 amide bonds. The zero-order chi connectivity index (χ0) is 22.5. The van der Waals surface area contributed by atoms with Crippen LogP contribution < -0.4 is 10.2 Å². The fraction of sp³-hybridized carbons (Fsp3) is 0.182. The Kier molecular flexibility index (Phi) is 6.46. The average molecular weight is 422 g/mol. The molecule has 3 aromatic rings. The molecule has 2 N–H and O–H groups in total. The molecule has 1 heterocycles. The summed E-state index contributed by atoms with van der Waals surface area (Å²) in [5.41, 5.74) is 5.77. The molecule has 2 aromatic carbocycles. The maximum absolute atomic E-state index is 12.1. The molecule has 0 aliphatic heterocycles. The number of nitro groups is 1. The molecular formula is C22H22N4O5. The molecule has 0 radical (unpaired) electrons. The van der Waals surface area contributed by atoms with Crippen LogP contribution in [-0.2, 0) is 4.79 Å². The summed E-state index contributed by atoms with van der Waals surface area (Å²) in [6, 6.07) is 14.8. The summed E-state index contributed by atoms with van der Waals surface area (Å²) in [4.78, 5) is 22.7. The lowest BCUT2D eigenvalue weighted by molar-refractivity contribution is -0.384. The maximum atomic E-state index is 12.1. The van der Waals surface area contributed by atoms with Gasteiger partial charge >= 0.3 is 0 Å². The third-order valence-corrected chi connectivity index (χ3v) is 4.83. The van der Waals surface area contributed by atoms with Crippen molar-refractivity contribution in [1.29, 1.82) is 0 Å². The Hall–Kier alpha value is -3.98. The molecule has 0 bridgehead atoms. The number of hydrogen-bond acceptors (Lipinski definition) is 6. The Labute approximate surface area is 178 Å². The van der Waals surface area contributed by atoms with Gasteiger partial charge in [-0.3, -0.25) is 14.9 Å². The molecule has 160 valence electrons. The summed E-state index contributed by atoms with van der Waals surface area (Å²) in [7, 11) is 1.45. The van der Waals surface area contributed by atoms with Crippen LogP contribution in [-0.4, -0.2) is 33.8 Å². The van der Waals surface area contributed by atoms with Crippen molar-refractivity contribution in [2.75, 3.05) is 7.11 Å². The number of hydrazone groups is 1. The first-order valence-electron chi connectivity index (χ1n) is 9.41. The Balaban J connectivity index is 1.82. The summed E-state index contributed by atoms with van der Waals surface area (Å²) < 4.78 is 7.23. The lowest BCUT2D eigenvalue weighted by Gasteiger charge is -2.13. The van der Waals surface area contributed by atoms with Gasteiger partial charge in [-0.15, -0.1) is 0 Å². The topological polar surface area (TPSA) is 119 Å².